The van der Waals surface area contributed by atoms with Crippen molar-refractivity contribution in [3.8, 4) is 34.2 Å². The molecule has 4 aromatic carbocycles. The fourth-order valence-electron chi connectivity index (χ4n) is 5.29. The molecule has 0 amide bonds. The van der Waals surface area contributed by atoms with Crippen LogP contribution in [0.5, 0.6) is 0 Å². The lowest BCUT2D eigenvalue weighted by atomic mass is 10.1. The van der Waals surface area contributed by atoms with E-state index in [2.05, 4.69) is 135 Å². The summed E-state index contributed by atoms with van der Waals surface area (Å²) < 4.78 is 4.51. The molecule has 1 aliphatic carbocycles. The molecule has 38 heavy (non-hydrogen) atoms. The highest BCUT2D eigenvalue weighted by atomic mass is 15.3. The number of hydrogen-bond donors (Lipinski definition) is 0. The van der Waals surface area contributed by atoms with E-state index in [4.69, 9.17) is 0 Å². The lowest BCUT2D eigenvalue weighted by molar-refractivity contribution is 1.06. The van der Waals surface area contributed by atoms with Gasteiger partial charge in [0.15, 0.2) is 11.6 Å². The maximum atomic E-state index is 4.64. The molecule has 4 nitrogen and oxygen atoms in total. The lowest BCUT2D eigenvalue weighted by Crippen LogP contribution is -2.02. The highest BCUT2D eigenvalue weighted by molar-refractivity contribution is 5.95. The van der Waals surface area contributed by atoms with E-state index in [-0.39, 0.29) is 0 Å². The van der Waals surface area contributed by atoms with Crippen LogP contribution in [0.4, 0.5) is 0 Å². The van der Waals surface area contributed by atoms with Crippen LogP contribution >= 0.6 is 0 Å². The van der Waals surface area contributed by atoms with Gasteiger partial charge in [0.2, 0.25) is 0 Å². The van der Waals surface area contributed by atoms with E-state index in [1.165, 1.54) is 27.7 Å². The molecular formula is C34H26N4. The number of hydrogen-bond acceptors (Lipinski definition) is 2. The molecule has 0 aliphatic heterocycles. The third kappa shape index (κ3) is 3.70. The summed E-state index contributed by atoms with van der Waals surface area (Å²) in [5.74, 6) is 1.65. The largest absolute Gasteiger partial charge is 0.309 e. The monoisotopic (exact) mass is 490 g/mol. The summed E-state index contributed by atoms with van der Waals surface area (Å²) in [6.07, 6.45) is 9.89. The van der Waals surface area contributed by atoms with Crippen molar-refractivity contribution in [1.82, 2.24) is 19.3 Å². The quantitative estimate of drug-likeness (QED) is 0.249. The van der Waals surface area contributed by atoms with Crippen molar-refractivity contribution >= 4 is 23.1 Å². The van der Waals surface area contributed by atoms with Gasteiger partial charge in [-0.1, -0.05) is 96.6 Å². The van der Waals surface area contributed by atoms with Crippen LogP contribution in [0.1, 0.15) is 23.2 Å². The fraction of sp³-hybridized carbons (Fsp3) is 0.0588. The van der Waals surface area contributed by atoms with Crippen LogP contribution in [0.3, 0.4) is 0 Å². The molecule has 0 saturated carbocycles. The average Bonchev–Trinajstić information content (AvgIpc) is 3.45. The van der Waals surface area contributed by atoms with Crippen LogP contribution in [0.2, 0.25) is 0 Å². The molecule has 182 valence electrons. The Morgan fingerprint density at radius 3 is 1.92 bits per heavy atom. The molecule has 0 bridgehead atoms. The van der Waals surface area contributed by atoms with E-state index >= 15 is 0 Å². The number of rotatable bonds is 4. The number of benzene rings is 4. The van der Waals surface area contributed by atoms with Crippen molar-refractivity contribution in [1.29, 1.82) is 0 Å². The van der Waals surface area contributed by atoms with Crippen LogP contribution in [-0.2, 0) is 0 Å². The fourth-order valence-corrected chi connectivity index (χ4v) is 5.29. The molecule has 0 atom stereocenters. The highest BCUT2D eigenvalue weighted by Gasteiger charge is 2.19. The average molecular weight is 491 g/mol. The van der Waals surface area contributed by atoms with Crippen LogP contribution in [0, 0.1) is 6.92 Å². The summed E-state index contributed by atoms with van der Waals surface area (Å²) in [5.41, 5.74) is 9.11. The third-order valence-electron chi connectivity index (χ3n) is 7.16. The van der Waals surface area contributed by atoms with Gasteiger partial charge in [-0.2, -0.15) is 0 Å². The van der Waals surface area contributed by atoms with Gasteiger partial charge in [0.1, 0.15) is 0 Å². The van der Waals surface area contributed by atoms with Gasteiger partial charge in [0, 0.05) is 33.5 Å². The topological polar surface area (TPSA) is 35.6 Å². The van der Waals surface area contributed by atoms with Gasteiger partial charge in [0.05, 0.1) is 11.2 Å². The van der Waals surface area contributed by atoms with E-state index in [9.17, 15) is 0 Å². The molecule has 0 spiro atoms. The van der Waals surface area contributed by atoms with E-state index in [1.807, 2.05) is 18.2 Å². The molecule has 1 aliphatic rings. The molecular weight excluding hydrogens is 464 g/mol. The first-order chi connectivity index (χ1) is 18.8. The Balaban J connectivity index is 1.40. The molecule has 7 rings (SSSR count). The molecule has 0 radical (unpaired) electrons. The molecule has 0 saturated heterocycles. The van der Waals surface area contributed by atoms with Gasteiger partial charge in [-0.05, 0) is 49.8 Å². The first-order valence-corrected chi connectivity index (χ1v) is 12.9. The Bertz CT molecular complexity index is 1820. The predicted octanol–water partition coefficient (Wildman–Crippen LogP) is 8.28. The second-order valence-corrected chi connectivity index (χ2v) is 9.62. The summed E-state index contributed by atoms with van der Waals surface area (Å²) >= 11 is 0. The van der Waals surface area contributed by atoms with Gasteiger partial charge >= 0.3 is 0 Å². The van der Waals surface area contributed by atoms with Crippen molar-refractivity contribution in [3.05, 3.63) is 132 Å². The number of aryl methyl sites for hydroxylation is 1. The summed E-state index contributed by atoms with van der Waals surface area (Å²) in [5, 5.41) is 10.5. The zero-order chi connectivity index (χ0) is 25.5. The van der Waals surface area contributed by atoms with Crippen LogP contribution in [-0.4, -0.2) is 19.3 Å². The standard InChI is InChI=1S/C34H26N4/c1-24-16-18-26(19-17-24)34-36-35-33(25-10-4-2-5-11-25)38(34)28-22-20-27(21-23-28)37-31-14-7-3-6-12-29(31)30-13-8-9-15-32(30)37/h2,4-23H,3H2,1H3. The minimum absolute atomic E-state index is 0.822. The maximum absolute atomic E-state index is 4.64. The highest BCUT2D eigenvalue weighted by Crippen LogP contribution is 2.34. The Kier molecular flexibility index (Phi) is 5.37. The molecule has 0 fully saturated rings. The third-order valence-corrected chi connectivity index (χ3v) is 7.16. The van der Waals surface area contributed by atoms with Crippen LogP contribution < -0.4 is 0 Å². The van der Waals surface area contributed by atoms with Crippen LogP contribution in [0.15, 0.2) is 115 Å². The van der Waals surface area contributed by atoms with E-state index in [1.54, 1.807) is 0 Å². The SMILES string of the molecule is Cc1ccc(-c2nnc(-c3ccccc3)n2-c2ccc(-n3c4c(c5ccccc53)C=CCC=C4)cc2)cc1. The van der Waals surface area contributed by atoms with Gasteiger partial charge in [-0.25, -0.2) is 0 Å². The smallest absolute Gasteiger partial charge is 0.168 e. The van der Waals surface area contributed by atoms with Gasteiger partial charge in [-0.3, -0.25) is 4.57 Å². The molecule has 0 unspecified atom stereocenters. The number of para-hydroxylation sites is 1. The lowest BCUT2D eigenvalue weighted by Gasteiger charge is -2.14. The molecule has 6 aromatic rings. The Morgan fingerprint density at radius 2 is 1.18 bits per heavy atom. The predicted molar refractivity (Wildman–Crippen MR) is 156 cm³/mol. The summed E-state index contributed by atoms with van der Waals surface area (Å²) in [7, 11) is 0. The molecule has 4 heteroatoms. The number of fused-ring (bicyclic) bond motifs is 3. The summed E-state index contributed by atoms with van der Waals surface area (Å²) in [4.78, 5) is 0. The summed E-state index contributed by atoms with van der Waals surface area (Å²) in [6, 6.07) is 36.0. The van der Waals surface area contributed by atoms with Crippen molar-refractivity contribution < 1.29 is 0 Å². The van der Waals surface area contributed by atoms with Crippen molar-refractivity contribution in [3.63, 3.8) is 0 Å². The van der Waals surface area contributed by atoms with Crippen molar-refractivity contribution in [2.45, 2.75) is 13.3 Å². The first-order valence-electron chi connectivity index (χ1n) is 12.9. The molecule has 2 heterocycles. The zero-order valence-corrected chi connectivity index (χ0v) is 21.1. The number of nitrogens with zero attached hydrogens (tertiary/aromatic N) is 4. The van der Waals surface area contributed by atoms with Gasteiger partial charge < -0.3 is 4.57 Å². The number of allylic oxidation sites excluding steroid dienone is 2. The second-order valence-electron chi connectivity index (χ2n) is 9.62. The van der Waals surface area contributed by atoms with E-state index in [0.717, 1.165) is 40.6 Å². The molecule has 2 aromatic heterocycles. The Morgan fingerprint density at radius 1 is 0.579 bits per heavy atom. The van der Waals surface area contributed by atoms with Crippen molar-refractivity contribution in [2.24, 2.45) is 0 Å². The first kappa shape index (κ1) is 22.3. The Labute approximate surface area is 221 Å². The molecule has 0 N–H and O–H groups in total. The van der Waals surface area contributed by atoms with Crippen molar-refractivity contribution in [2.75, 3.05) is 0 Å². The maximum Gasteiger partial charge on any atom is 0.168 e. The normalized spacial score (nSPS) is 12.6. The van der Waals surface area contributed by atoms with E-state index in [0.29, 0.717) is 0 Å². The van der Waals surface area contributed by atoms with E-state index < -0.39 is 0 Å². The Hall–Kier alpha value is -4.96. The van der Waals surface area contributed by atoms with Crippen LogP contribution in [0.25, 0.3) is 57.2 Å². The zero-order valence-electron chi connectivity index (χ0n) is 21.1. The summed E-state index contributed by atoms with van der Waals surface area (Å²) in [6.45, 7) is 2.10. The minimum Gasteiger partial charge on any atom is -0.309 e. The minimum atomic E-state index is 0.822. The van der Waals surface area contributed by atoms with Gasteiger partial charge in [0.25, 0.3) is 0 Å². The number of aromatic nitrogens is 4. The second kappa shape index (κ2) is 9.16. The van der Waals surface area contributed by atoms with Gasteiger partial charge in [-0.15, -0.1) is 10.2 Å².